The van der Waals surface area contributed by atoms with Gasteiger partial charge in [0.15, 0.2) is 0 Å². The lowest BCUT2D eigenvalue weighted by Crippen LogP contribution is -2.32. The van der Waals surface area contributed by atoms with Crippen LogP contribution in [0.15, 0.2) is 48.0 Å². The molecule has 8 heteroatoms. The van der Waals surface area contributed by atoms with Crippen LogP contribution in [0.5, 0.6) is 11.5 Å². The van der Waals surface area contributed by atoms with Crippen molar-refractivity contribution in [2.75, 3.05) is 41.4 Å². The van der Waals surface area contributed by atoms with Gasteiger partial charge in [0.05, 0.1) is 25.8 Å². The Morgan fingerprint density at radius 2 is 1.78 bits per heavy atom. The van der Waals surface area contributed by atoms with Gasteiger partial charge in [-0.05, 0) is 63.5 Å². The third-order valence-corrected chi connectivity index (χ3v) is 5.65. The highest BCUT2D eigenvalue weighted by atomic mass is 35.5. The molecule has 7 nitrogen and oxygen atoms in total. The van der Waals surface area contributed by atoms with Gasteiger partial charge in [0.1, 0.15) is 17.3 Å². The van der Waals surface area contributed by atoms with Crippen LogP contribution in [0.3, 0.4) is 0 Å². The third kappa shape index (κ3) is 4.74. The second kappa shape index (κ2) is 10.1. The SMILES string of the molecule is COc1ccc([C@H]2/C(=C(\O)c3ccc(Cl)cc3)C(=O)C(=O)N2CCCN(C)C)c(OC)c1. The monoisotopic (exact) mass is 458 g/mol. The first-order valence-electron chi connectivity index (χ1n) is 10.2. The first-order valence-corrected chi connectivity index (χ1v) is 10.6. The van der Waals surface area contributed by atoms with Crippen LogP contribution in [-0.2, 0) is 9.59 Å². The van der Waals surface area contributed by atoms with Crippen LogP contribution in [0.25, 0.3) is 5.76 Å². The number of carbonyl (C=O) groups excluding carboxylic acids is 2. The van der Waals surface area contributed by atoms with Gasteiger partial charge in [-0.15, -0.1) is 0 Å². The number of halogens is 1. The minimum atomic E-state index is -0.798. The maximum Gasteiger partial charge on any atom is 0.295 e. The largest absolute Gasteiger partial charge is 0.507 e. The molecule has 0 aliphatic carbocycles. The maximum atomic E-state index is 13.1. The number of likely N-dealkylation sites (tertiary alicyclic amines) is 1. The molecule has 0 saturated carbocycles. The zero-order chi connectivity index (χ0) is 23.4. The molecule has 0 spiro atoms. The highest BCUT2D eigenvalue weighted by molar-refractivity contribution is 6.46. The van der Waals surface area contributed by atoms with Gasteiger partial charge in [-0.3, -0.25) is 9.59 Å². The molecule has 1 heterocycles. The molecule has 3 rings (SSSR count). The number of methoxy groups -OCH3 is 2. The standard InChI is InChI=1S/C24H27ClN2O5/c1-26(2)12-5-13-27-21(18-11-10-17(31-3)14-19(18)32-4)20(23(29)24(27)30)22(28)15-6-8-16(25)9-7-15/h6-11,14,21,28H,5,12-13H2,1-4H3/b22-20+/t21-/m0/s1. The van der Waals surface area contributed by atoms with Crippen molar-refractivity contribution in [1.82, 2.24) is 9.80 Å². The van der Waals surface area contributed by atoms with Gasteiger partial charge in [0.2, 0.25) is 0 Å². The maximum absolute atomic E-state index is 13.1. The number of rotatable bonds is 8. The molecule has 0 bridgehead atoms. The summed E-state index contributed by atoms with van der Waals surface area (Å²) in [6, 6.07) is 10.8. The number of hydrogen-bond acceptors (Lipinski definition) is 6. The number of hydrogen-bond donors (Lipinski definition) is 1. The van der Waals surface area contributed by atoms with Gasteiger partial charge in [-0.25, -0.2) is 0 Å². The molecule has 1 saturated heterocycles. The number of aliphatic hydroxyl groups is 1. The van der Waals surface area contributed by atoms with E-state index in [1.54, 1.807) is 49.6 Å². The minimum Gasteiger partial charge on any atom is -0.507 e. The second-order valence-corrected chi connectivity index (χ2v) is 8.20. The van der Waals surface area contributed by atoms with Gasteiger partial charge in [0.25, 0.3) is 11.7 Å². The van der Waals surface area contributed by atoms with E-state index >= 15 is 0 Å². The summed E-state index contributed by atoms with van der Waals surface area (Å²) in [5.74, 6) is -0.603. The number of ether oxygens (including phenoxy) is 2. The fraction of sp³-hybridized carbons (Fsp3) is 0.333. The summed E-state index contributed by atoms with van der Waals surface area (Å²) in [4.78, 5) is 29.6. The Morgan fingerprint density at radius 1 is 1.09 bits per heavy atom. The lowest BCUT2D eigenvalue weighted by Gasteiger charge is -2.27. The molecule has 2 aromatic rings. The molecular weight excluding hydrogens is 432 g/mol. The van der Waals surface area contributed by atoms with Crippen LogP contribution in [0.2, 0.25) is 5.02 Å². The zero-order valence-electron chi connectivity index (χ0n) is 18.6. The molecule has 0 aromatic heterocycles. The van der Waals surface area contributed by atoms with Crippen molar-refractivity contribution in [3.05, 3.63) is 64.2 Å². The molecule has 1 aliphatic heterocycles. The van der Waals surface area contributed by atoms with E-state index in [0.717, 1.165) is 6.54 Å². The van der Waals surface area contributed by atoms with Crippen LogP contribution in [0.4, 0.5) is 0 Å². The first kappa shape index (κ1) is 23.6. The number of carbonyl (C=O) groups is 2. The van der Waals surface area contributed by atoms with Gasteiger partial charge >= 0.3 is 0 Å². The van der Waals surface area contributed by atoms with Crippen LogP contribution in [-0.4, -0.2) is 68.0 Å². The summed E-state index contributed by atoms with van der Waals surface area (Å²) in [6.07, 6.45) is 0.663. The summed E-state index contributed by atoms with van der Waals surface area (Å²) in [5, 5.41) is 11.6. The van der Waals surface area contributed by atoms with E-state index in [1.807, 2.05) is 19.0 Å². The Labute approximate surface area is 192 Å². The minimum absolute atomic E-state index is 0.0191. The number of amides is 1. The quantitative estimate of drug-likeness (QED) is 0.369. The molecule has 1 atom stereocenters. The average Bonchev–Trinajstić information content (AvgIpc) is 3.03. The summed E-state index contributed by atoms with van der Waals surface area (Å²) in [7, 11) is 6.94. The molecule has 0 radical (unpaired) electrons. The summed E-state index contributed by atoms with van der Waals surface area (Å²) < 4.78 is 10.8. The smallest absolute Gasteiger partial charge is 0.295 e. The Balaban J connectivity index is 2.16. The van der Waals surface area contributed by atoms with E-state index in [1.165, 1.54) is 12.0 Å². The number of benzene rings is 2. The molecule has 1 aliphatic rings. The van der Waals surface area contributed by atoms with E-state index in [-0.39, 0.29) is 11.3 Å². The van der Waals surface area contributed by atoms with E-state index in [2.05, 4.69) is 0 Å². The first-order chi connectivity index (χ1) is 15.3. The molecule has 1 fully saturated rings. The highest BCUT2D eigenvalue weighted by Crippen LogP contribution is 2.43. The lowest BCUT2D eigenvalue weighted by molar-refractivity contribution is -0.140. The fourth-order valence-electron chi connectivity index (χ4n) is 3.80. The Hall–Kier alpha value is -3.03. The molecule has 1 amide bonds. The van der Waals surface area contributed by atoms with Crippen LogP contribution >= 0.6 is 11.6 Å². The number of ketones is 1. The predicted molar refractivity (Wildman–Crippen MR) is 123 cm³/mol. The summed E-state index contributed by atoms with van der Waals surface area (Å²) in [5.41, 5.74) is 1.01. The van der Waals surface area contributed by atoms with Gasteiger partial charge in [0, 0.05) is 28.8 Å². The molecule has 2 aromatic carbocycles. The van der Waals surface area contributed by atoms with Crippen molar-refractivity contribution in [1.29, 1.82) is 0 Å². The van der Waals surface area contributed by atoms with Gasteiger partial charge in [-0.2, -0.15) is 0 Å². The predicted octanol–water partition coefficient (Wildman–Crippen LogP) is 3.73. The number of nitrogens with zero attached hydrogens (tertiary/aromatic N) is 2. The van der Waals surface area contributed by atoms with Crippen molar-refractivity contribution < 1.29 is 24.2 Å². The average molecular weight is 459 g/mol. The van der Waals surface area contributed by atoms with E-state index in [0.29, 0.717) is 40.6 Å². The lowest BCUT2D eigenvalue weighted by atomic mass is 9.94. The van der Waals surface area contributed by atoms with Crippen LogP contribution in [0.1, 0.15) is 23.6 Å². The Kier molecular flexibility index (Phi) is 7.43. The van der Waals surface area contributed by atoms with Crippen molar-refractivity contribution in [3.63, 3.8) is 0 Å². The van der Waals surface area contributed by atoms with Crippen molar-refractivity contribution in [2.24, 2.45) is 0 Å². The molecule has 32 heavy (non-hydrogen) atoms. The third-order valence-electron chi connectivity index (χ3n) is 5.40. The topological polar surface area (TPSA) is 79.3 Å². The summed E-state index contributed by atoms with van der Waals surface area (Å²) >= 11 is 5.97. The van der Waals surface area contributed by atoms with E-state index < -0.39 is 17.7 Å². The van der Waals surface area contributed by atoms with Crippen molar-refractivity contribution in [2.45, 2.75) is 12.5 Å². The number of aliphatic hydroxyl groups excluding tert-OH is 1. The number of Topliss-reactive ketones (excluding diaryl/α,β-unsaturated/α-hetero) is 1. The normalized spacial score (nSPS) is 17.8. The Bertz CT molecular complexity index is 1030. The molecular formula is C24H27ClN2O5. The Morgan fingerprint density at radius 3 is 2.38 bits per heavy atom. The van der Waals surface area contributed by atoms with Crippen molar-refractivity contribution in [3.8, 4) is 11.5 Å². The van der Waals surface area contributed by atoms with Crippen molar-refractivity contribution >= 4 is 29.1 Å². The molecule has 0 unspecified atom stereocenters. The second-order valence-electron chi connectivity index (χ2n) is 7.76. The fourth-order valence-corrected chi connectivity index (χ4v) is 3.92. The van der Waals surface area contributed by atoms with Crippen LogP contribution < -0.4 is 9.47 Å². The molecule has 1 N–H and O–H groups in total. The van der Waals surface area contributed by atoms with E-state index in [9.17, 15) is 14.7 Å². The van der Waals surface area contributed by atoms with E-state index in [4.69, 9.17) is 21.1 Å². The summed E-state index contributed by atoms with van der Waals surface area (Å²) in [6.45, 7) is 1.09. The zero-order valence-corrected chi connectivity index (χ0v) is 19.3. The molecule has 170 valence electrons. The van der Waals surface area contributed by atoms with Gasteiger partial charge < -0.3 is 24.4 Å². The van der Waals surface area contributed by atoms with Crippen LogP contribution in [0, 0.1) is 0 Å². The van der Waals surface area contributed by atoms with Gasteiger partial charge in [-0.1, -0.05) is 11.6 Å². The highest BCUT2D eigenvalue weighted by Gasteiger charge is 2.46.